The molecule has 9 nitrogen and oxygen atoms in total. The van der Waals surface area contributed by atoms with Crippen molar-refractivity contribution < 1.29 is 23.9 Å². The maximum atomic E-state index is 13.4. The van der Waals surface area contributed by atoms with Gasteiger partial charge in [0, 0.05) is 29.8 Å². The van der Waals surface area contributed by atoms with Gasteiger partial charge in [0.1, 0.15) is 24.0 Å². The predicted molar refractivity (Wildman–Crippen MR) is 140 cm³/mol. The third-order valence-electron chi connectivity index (χ3n) is 5.95. The van der Waals surface area contributed by atoms with Crippen molar-refractivity contribution in [2.45, 2.75) is 20.8 Å². The topological polar surface area (TPSA) is 115 Å². The number of hydrogen-bond donors (Lipinski definition) is 0. The van der Waals surface area contributed by atoms with Crippen LogP contribution in [0.3, 0.4) is 0 Å². The molecule has 2 heterocycles. The maximum absolute atomic E-state index is 13.4. The van der Waals surface area contributed by atoms with Gasteiger partial charge < -0.3 is 9.47 Å². The van der Waals surface area contributed by atoms with E-state index in [-0.39, 0.29) is 29.9 Å². The van der Waals surface area contributed by atoms with Gasteiger partial charge in [0.05, 0.1) is 24.5 Å². The zero-order chi connectivity index (χ0) is 27.2. The van der Waals surface area contributed by atoms with E-state index in [9.17, 15) is 19.6 Å². The molecule has 0 saturated carbocycles. The number of esters is 1. The molecule has 1 aliphatic rings. The second-order valence-electron chi connectivity index (χ2n) is 8.44. The maximum Gasteiger partial charge on any atom is 0.302 e. The number of rotatable bonds is 8. The van der Waals surface area contributed by atoms with Gasteiger partial charge in [0.25, 0.3) is 11.8 Å². The van der Waals surface area contributed by atoms with Crippen LogP contribution in [0.1, 0.15) is 26.3 Å². The first-order valence-corrected chi connectivity index (χ1v) is 12.0. The second-order valence-corrected chi connectivity index (χ2v) is 8.44. The molecule has 0 radical (unpaired) electrons. The van der Waals surface area contributed by atoms with Crippen LogP contribution in [-0.4, -0.2) is 52.2 Å². The smallest absolute Gasteiger partial charge is 0.302 e. The van der Waals surface area contributed by atoms with Gasteiger partial charge in [-0.1, -0.05) is 18.2 Å². The minimum Gasteiger partial charge on any atom is -0.494 e. The molecule has 0 spiro atoms. The largest absolute Gasteiger partial charge is 0.494 e. The molecule has 1 aliphatic heterocycles. The Morgan fingerprint density at radius 3 is 2.42 bits per heavy atom. The normalized spacial score (nSPS) is 14.6. The molecule has 2 amide bonds. The fourth-order valence-electron chi connectivity index (χ4n) is 4.07. The number of ether oxygens (including phenoxy) is 2. The zero-order valence-electron chi connectivity index (χ0n) is 21.3. The van der Waals surface area contributed by atoms with Gasteiger partial charge in [0.15, 0.2) is 0 Å². The SMILES string of the molecule is CCOc1ccc(-c2nn(-c3ccccc3)cc2/C=C2/C(=O)N(CCOC(C)=O)C(=O)C(C#N)=C2C)cc1. The Hall–Kier alpha value is -4.97. The lowest BCUT2D eigenvalue weighted by molar-refractivity contribution is -0.147. The number of amides is 2. The number of hydrogen-bond acceptors (Lipinski definition) is 7. The molecule has 0 atom stereocenters. The molecule has 1 aromatic heterocycles. The van der Waals surface area contributed by atoms with Gasteiger partial charge >= 0.3 is 5.97 Å². The van der Waals surface area contributed by atoms with Crippen molar-refractivity contribution in [1.29, 1.82) is 5.26 Å². The molecule has 2 aromatic carbocycles. The minimum absolute atomic E-state index is 0.142. The fourth-order valence-corrected chi connectivity index (χ4v) is 4.07. The molecular formula is C29H26N4O5. The molecule has 0 saturated heterocycles. The van der Waals surface area contributed by atoms with Crippen LogP contribution in [0.2, 0.25) is 0 Å². The summed E-state index contributed by atoms with van der Waals surface area (Å²) in [6, 6.07) is 18.9. The standard InChI is InChI=1S/C29H26N4O5/c1-4-37-24-12-10-21(11-13-24)27-22(18-33(31-27)23-8-6-5-7-9-23)16-25-19(2)26(17-30)29(36)32(28(25)35)14-15-38-20(3)34/h5-13,16,18H,4,14-15H2,1-3H3/b25-16+. The first-order valence-electron chi connectivity index (χ1n) is 12.0. The average Bonchev–Trinajstić information content (AvgIpc) is 3.34. The van der Waals surface area contributed by atoms with E-state index in [1.54, 1.807) is 23.9 Å². The van der Waals surface area contributed by atoms with Crippen molar-refractivity contribution in [3.8, 4) is 28.8 Å². The van der Waals surface area contributed by atoms with Crippen LogP contribution in [0.15, 0.2) is 77.5 Å². The number of imide groups is 1. The van der Waals surface area contributed by atoms with Gasteiger partial charge in [-0.2, -0.15) is 10.4 Å². The van der Waals surface area contributed by atoms with E-state index in [2.05, 4.69) is 0 Å². The summed E-state index contributed by atoms with van der Waals surface area (Å²) in [6.07, 6.45) is 3.43. The summed E-state index contributed by atoms with van der Waals surface area (Å²) in [5.74, 6) is -1.10. The molecule has 9 heteroatoms. The van der Waals surface area contributed by atoms with E-state index in [0.717, 1.165) is 21.9 Å². The number of para-hydroxylation sites is 1. The monoisotopic (exact) mass is 510 g/mol. The van der Waals surface area contributed by atoms with Gasteiger partial charge in [-0.3, -0.25) is 19.3 Å². The fraction of sp³-hybridized carbons (Fsp3) is 0.207. The summed E-state index contributed by atoms with van der Waals surface area (Å²) in [6.45, 7) is 4.93. The number of nitrogens with zero attached hydrogens (tertiary/aromatic N) is 4. The van der Waals surface area contributed by atoms with Crippen LogP contribution in [-0.2, 0) is 19.1 Å². The van der Waals surface area contributed by atoms with Crippen LogP contribution in [0.4, 0.5) is 0 Å². The number of nitriles is 1. The molecule has 38 heavy (non-hydrogen) atoms. The summed E-state index contributed by atoms with van der Waals surface area (Å²) in [5.41, 5.74) is 3.15. The van der Waals surface area contributed by atoms with Gasteiger partial charge in [-0.15, -0.1) is 0 Å². The lowest BCUT2D eigenvalue weighted by Gasteiger charge is -2.27. The Morgan fingerprint density at radius 1 is 1.08 bits per heavy atom. The Morgan fingerprint density at radius 2 is 1.79 bits per heavy atom. The van der Waals surface area contributed by atoms with E-state index in [1.807, 2.05) is 67.6 Å². The Balaban J connectivity index is 1.82. The molecular weight excluding hydrogens is 484 g/mol. The lowest BCUT2D eigenvalue weighted by atomic mass is 9.93. The minimum atomic E-state index is -0.717. The average molecular weight is 511 g/mol. The first kappa shape index (κ1) is 26.1. The van der Waals surface area contributed by atoms with Gasteiger partial charge in [-0.05, 0) is 61.9 Å². The van der Waals surface area contributed by atoms with Crippen molar-refractivity contribution in [3.63, 3.8) is 0 Å². The molecule has 0 unspecified atom stereocenters. The predicted octanol–water partition coefficient (Wildman–Crippen LogP) is 4.09. The quantitative estimate of drug-likeness (QED) is 0.255. The molecule has 3 aromatic rings. The highest BCUT2D eigenvalue weighted by Crippen LogP contribution is 2.31. The number of carbonyl (C=O) groups excluding carboxylic acids is 3. The summed E-state index contributed by atoms with van der Waals surface area (Å²) in [7, 11) is 0. The third kappa shape index (κ3) is 5.39. The molecule has 0 aliphatic carbocycles. The summed E-state index contributed by atoms with van der Waals surface area (Å²) in [4.78, 5) is 38.4. The highest BCUT2D eigenvalue weighted by molar-refractivity contribution is 6.19. The molecule has 0 N–H and O–H groups in total. The Kier molecular flexibility index (Phi) is 7.83. The third-order valence-corrected chi connectivity index (χ3v) is 5.95. The number of carbonyl (C=O) groups is 3. The van der Waals surface area contributed by atoms with Crippen LogP contribution in [0, 0.1) is 11.3 Å². The van der Waals surface area contributed by atoms with E-state index >= 15 is 0 Å². The molecule has 4 rings (SSSR count). The lowest BCUT2D eigenvalue weighted by Crippen LogP contribution is -2.44. The first-order chi connectivity index (χ1) is 18.3. The van der Waals surface area contributed by atoms with Crippen molar-refractivity contribution in [2.75, 3.05) is 19.8 Å². The van der Waals surface area contributed by atoms with Crippen LogP contribution < -0.4 is 4.74 Å². The second kappa shape index (κ2) is 11.4. The summed E-state index contributed by atoms with van der Waals surface area (Å²) >= 11 is 0. The molecule has 192 valence electrons. The van der Waals surface area contributed by atoms with E-state index in [0.29, 0.717) is 17.9 Å². The highest BCUT2D eigenvalue weighted by Gasteiger charge is 2.35. The zero-order valence-corrected chi connectivity index (χ0v) is 21.3. The van der Waals surface area contributed by atoms with Crippen molar-refractivity contribution in [2.24, 2.45) is 0 Å². The molecule has 0 fully saturated rings. The van der Waals surface area contributed by atoms with Crippen LogP contribution in [0.5, 0.6) is 5.75 Å². The van der Waals surface area contributed by atoms with Crippen molar-refractivity contribution in [1.82, 2.24) is 14.7 Å². The number of aromatic nitrogens is 2. The highest BCUT2D eigenvalue weighted by atomic mass is 16.5. The molecule has 0 bridgehead atoms. The van der Waals surface area contributed by atoms with Crippen molar-refractivity contribution in [3.05, 3.63) is 83.1 Å². The van der Waals surface area contributed by atoms with Crippen molar-refractivity contribution >= 4 is 23.9 Å². The Bertz CT molecular complexity index is 1480. The van der Waals surface area contributed by atoms with Gasteiger partial charge in [0.2, 0.25) is 0 Å². The van der Waals surface area contributed by atoms with Crippen LogP contribution >= 0.6 is 0 Å². The summed E-state index contributed by atoms with van der Waals surface area (Å²) < 4.78 is 12.2. The van der Waals surface area contributed by atoms with Crippen LogP contribution in [0.25, 0.3) is 23.0 Å². The van der Waals surface area contributed by atoms with E-state index in [1.165, 1.54) is 6.92 Å². The summed E-state index contributed by atoms with van der Waals surface area (Å²) in [5, 5.41) is 14.5. The Labute approximate surface area is 220 Å². The van der Waals surface area contributed by atoms with E-state index < -0.39 is 17.8 Å². The van der Waals surface area contributed by atoms with E-state index in [4.69, 9.17) is 14.6 Å². The number of benzene rings is 2. The van der Waals surface area contributed by atoms with Gasteiger partial charge in [-0.25, -0.2) is 4.68 Å².